The summed E-state index contributed by atoms with van der Waals surface area (Å²) >= 11 is 0. The fraction of sp³-hybridized carbons (Fsp3) is 0.438. The van der Waals surface area contributed by atoms with E-state index in [1.807, 2.05) is 7.05 Å². The monoisotopic (exact) mass is 274 g/mol. The molecule has 0 saturated heterocycles. The number of aryl methyl sites for hydroxylation is 3. The molecule has 1 aromatic carbocycles. The highest BCUT2D eigenvalue weighted by atomic mass is 16.3. The fourth-order valence-electron chi connectivity index (χ4n) is 2.63. The fourth-order valence-corrected chi connectivity index (χ4v) is 2.63. The summed E-state index contributed by atoms with van der Waals surface area (Å²) < 4.78 is 2.11. The minimum absolute atomic E-state index is 0.00954. The van der Waals surface area contributed by atoms with Crippen LogP contribution in [0.2, 0.25) is 0 Å². The van der Waals surface area contributed by atoms with Gasteiger partial charge in [0.15, 0.2) is 0 Å². The second kappa shape index (κ2) is 6.09. The summed E-state index contributed by atoms with van der Waals surface area (Å²) in [6.07, 6.45) is 3.32. The van der Waals surface area contributed by atoms with Crippen LogP contribution in [0.25, 0.3) is 10.9 Å². The average Bonchev–Trinajstić information content (AvgIpc) is 2.74. The molecule has 4 heteroatoms. The molecular weight excluding hydrogens is 252 g/mol. The summed E-state index contributed by atoms with van der Waals surface area (Å²) in [5.74, 6) is 0.0737. The maximum atomic E-state index is 11.9. The summed E-state index contributed by atoms with van der Waals surface area (Å²) in [6.45, 7) is 2.51. The van der Waals surface area contributed by atoms with Gasteiger partial charge >= 0.3 is 0 Å². The second-order valence-corrected chi connectivity index (χ2v) is 5.27. The number of aliphatic hydroxyl groups is 1. The molecule has 2 aromatic rings. The molecule has 0 aliphatic carbocycles. The normalized spacial score (nSPS) is 11.0. The van der Waals surface area contributed by atoms with Crippen LogP contribution in [0, 0.1) is 6.92 Å². The Kier molecular flexibility index (Phi) is 4.45. The van der Waals surface area contributed by atoms with Crippen molar-refractivity contribution < 1.29 is 9.90 Å². The Morgan fingerprint density at radius 2 is 2.15 bits per heavy atom. The van der Waals surface area contributed by atoms with Gasteiger partial charge in [-0.3, -0.25) is 4.79 Å². The van der Waals surface area contributed by atoms with Gasteiger partial charge in [0.1, 0.15) is 0 Å². The first kappa shape index (κ1) is 14.6. The average molecular weight is 274 g/mol. The quantitative estimate of drug-likeness (QED) is 0.904. The van der Waals surface area contributed by atoms with Crippen molar-refractivity contribution in [2.45, 2.75) is 19.8 Å². The smallest absolute Gasteiger partial charge is 0.222 e. The number of hydrogen-bond acceptors (Lipinski definition) is 2. The van der Waals surface area contributed by atoms with E-state index >= 15 is 0 Å². The summed E-state index contributed by atoms with van der Waals surface area (Å²) in [4.78, 5) is 13.5. The number of carbonyl (C=O) groups excluding carboxylic acids is 1. The van der Waals surface area contributed by atoms with Gasteiger partial charge < -0.3 is 14.6 Å². The number of aliphatic hydroxyl groups excluding tert-OH is 1. The van der Waals surface area contributed by atoms with E-state index in [0.717, 1.165) is 6.42 Å². The Labute approximate surface area is 119 Å². The largest absolute Gasteiger partial charge is 0.395 e. The van der Waals surface area contributed by atoms with Gasteiger partial charge in [-0.05, 0) is 30.5 Å². The van der Waals surface area contributed by atoms with Crippen LogP contribution in [0.15, 0.2) is 24.4 Å². The van der Waals surface area contributed by atoms with Gasteiger partial charge in [-0.15, -0.1) is 0 Å². The number of benzene rings is 1. The molecule has 0 saturated carbocycles. The molecule has 1 heterocycles. The number of fused-ring (bicyclic) bond motifs is 1. The van der Waals surface area contributed by atoms with Crippen molar-refractivity contribution >= 4 is 16.8 Å². The van der Waals surface area contributed by atoms with E-state index in [1.165, 1.54) is 22.0 Å². The first-order chi connectivity index (χ1) is 9.54. The predicted molar refractivity (Wildman–Crippen MR) is 80.7 cm³/mol. The van der Waals surface area contributed by atoms with Crippen molar-refractivity contribution in [3.05, 3.63) is 35.5 Å². The highest BCUT2D eigenvalue weighted by molar-refractivity contribution is 5.87. The van der Waals surface area contributed by atoms with Crippen LogP contribution in [0.1, 0.15) is 17.5 Å². The standard InChI is InChI=1S/C16H22N2O2/c1-12-5-4-6-14-16(12)13(11-18(14)3)7-8-15(20)17(2)9-10-19/h4-6,11,19H,7-10H2,1-3H3. The first-order valence-electron chi connectivity index (χ1n) is 6.93. The second-order valence-electron chi connectivity index (χ2n) is 5.27. The molecule has 2 rings (SSSR count). The molecule has 108 valence electrons. The van der Waals surface area contributed by atoms with Gasteiger partial charge in [0.05, 0.1) is 6.61 Å². The number of amides is 1. The molecule has 20 heavy (non-hydrogen) atoms. The Morgan fingerprint density at radius 3 is 2.85 bits per heavy atom. The number of carbonyl (C=O) groups is 1. The Hall–Kier alpha value is -1.81. The maximum absolute atomic E-state index is 11.9. The van der Waals surface area contributed by atoms with Crippen molar-refractivity contribution in [2.24, 2.45) is 7.05 Å². The molecule has 0 bridgehead atoms. The lowest BCUT2D eigenvalue weighted by atomic mass is 10.0. The number of rotatable bonds is 5. The molecule has 1 amide bonds. The van der Waals surface area contributed by atoms with Crippen LogP contribution in [-0.2, 0) is 18.3 Å². The van der Waals surface area contributed by atoms with Crippen LogP contribution < -0.4 is 0 Å². The van der Waals surface area contributed by atoms with Gasteiger partial charge in [-0.1, -0.05) is 12.1 Å². The third-order valence-electron chi connectivity index (χ3n) is 3.77. The highest BCUT2D eigenvalue weighted by Gasteiger charge is 2.12. The topological polar surface area (TPSA) is 45.5 Å². The van der Waals surface area contributed by atoms with Crippen LogP contribution in [-0.4, -0.2) is 40.7 Å². The van der Waals surface area contributed by atoms with E-state index in [1.54, 1.807) is 11.9 Å². The minimum Gasteiger partial charge on any atom is -0.395 e. The number of nitrogens with zero attached hydrogens (tertiary/aromatic N) is 2. The molecule has 0 unspecified atom stereocenters. The molecule has 0 aliphatic rings. The lowest BCUT2D eigenvalue weighted by molar-refractivity contribution is -0.130. The summed E-state index contributed by atoms with van der Waals surface area (Å²) in [6, 6.07) is 6.26. The minimum atomic E-state index is 0.00954. The van der Waals surface area contributed by atoms with Crippen LogP contribution in [0.5, 0.6) is 0 Å². The van der Waals surface area contributed by atoms with Gasteiger partial charge in [-0.25, -0.2) is 0 Å². The molecule has 0 fully saturated rings. The van der Waals surface area contributed by atoms with E-state index in [2.05, 4.69) is 35.9 Å². The lowest BCUT2D eigenvalue weighted by Gasteiger charge is -2.15. The van der Waals surface area contributed by atoms with E-state index in [4.69, 9.17) is 5.11 Å². The molecule has 0 spiro atoms. The van der Waals surface area contributed by atoms with E-state index in [9.17, 15) is 4.79 Å². The molecule has 4 nitrogen and oxygen atoms in total. The molecule has 0 atom stereocenters. The van der Waals surface area contributed by atoms with Crippen LogP contribution in [0.3, 0.4) is 0 Å². The summed E-state index contributed by atoms with van der Waals surface area (Å²) in [5.41, 5.74) is 3.66. The predicted octanol–water partition coefficient (Wildman–Crippen LogP) is 1.87. The molecular formula is C16H22N2O2. The number of hydrogen-bond donors (Lipinski definition) is 1. The van der Waals surface area contributed by atoms with Crippen molar-refractivity contribution in [1.82, 2.24) is 9.47 Å². The van der Waals surface area contributed by atoms with Gasteiger partial charge in [0.25, 0.3) is 0 Å². The molecule has 1 N–H and O–H groups in total. The van der Waals surface area contributed by atoms with Crippen LogP contribution >= 0.6 is 0 Å². The molecule has 0 aliphatic heterocycles. The first-order valence-corrected chi connectivity index (χ1v) is 6.93. The lowest BCUT2D eigenvalue weighted by Crippen LogP contribution is -2.29. The van der Waals surface area contributed by atoms with E-state index < -0.39 is 0 Å². The van der Waals surface area contributed by atoms with Crippen LogP contribution in [0.4, 0.5) is 0 Å². The molecule has 1 aromatic heterocycles. The Morgan fingerprint density at radius 1 is 1.40 bits per heavy atom. The Balaban J connectivity index is 2.17. The van der Waals surface area contributed by atoms with Crippen molar-refractivity contribution in [1.29, 1.82) is 0 Å². The van der Waals surface area contributed by atoms with E-state index in [-0.39, 0.29) is 12.5 Å². The third kappa shape index (κ3) is 2.85. The SMILES string of the molecule is Cc1cccc2c1c(CCC(=O)N(C)CCO)cn2C. The zero-order valence-electron chi connectivity index (χ0n) is 12.4. The summed E-state index contributed by atoms with van der Waals surface area (Å²) in [5, 5.41) is 10.1. The van der Waals surface area contributed by atoms with E-state index in [0.29, 0.717) is 13.0 Å². The van der Waals surface area contributed by atoms with Crippen molar-refractivity contribution in [2.75, 3.05) is 20.2 Å². The van der Waals surface area contributed by atoms with Gasteiger partial charge in [0.2, 0.25) is 5.91 Å². The van der Waals surface area contributed by atoms with Crippen molar-refractivity contribution in [3.8, 4) is 0 Å². The number of aromatic nitrogens is 1. The van der Waals surface area contributed by atoms with Gasteiger partial charge in [0, 0.05) is 44.2 Å². The van der Waals surface area contributed by atoms with Gasteiger partial charge in [-0.2, -0.15) is 0 Å². The highest BCUT2D eigenvalue weighted by Crippen LogP contribution is 2.25. The zero-order valence-corrected chi connectivity index (χ0v) is 12.4. The molecule has 0 radical (unpaired) electrons. The zero-order chi connectivity index (χ0) is 14.7. The number of likely N-dealkylation sites (N-methyl/N-ethyl adjacent to an activating group) is 1. The van der Waals surface area contributed by atoms with Crippen molar-refractivity contribution in [3.63, 3.8) is 0 Å². The maximum Gasteiger partial charge on any atom is 0.222 e. The third-order valence-corrected chi connectivity index (χ3v) is 3.77. The Bertz CT molecular complexity index is 616. The summed E-state index contributed by atoms with van der Waals surface area (Å²) in [7, 11) is 3.76.